The summed E-state index contributed by atoms with van der Waals surface area (Å²) in [6.07, 6.45) is 0. The molecular formula is C18H14ClNO3S. The first-order valence-electron chi connectivity index (χ1n) is 7.13. The average molecular weight is 360 g/mol. The van der Waals surface area contributed by atoms with Crippen molar-refractivity contribution >= 4 is 29.1 Å². The second kappa shape index (κ2) is 7.03. The van der Waals surface area contributed by atoms with Gasteiger partial charge >= 0.3 is 5.97 Å². The van der Waals surface area contributed by atoms with Gasteiger partial charge in [-0.15, -0.1) is 0 Å². The van der Waals surface area contributed by atoms with Gasteiger partial charge in [-0.3, -0.25) is 0 Å². The molecule has 0 saturated heterocycles. The number of benzene rings is 2. The normalized spacial score (nSPS) is 10.5. The number of rotatable bonds is 4. The van der Waals surface area contributed by atoms with Gasteiger partial charge in [0.15, 0.2) is 0 Å². The Balaban J connectivity index is 2.17. The average Bonchev–Trinajstić information content (AvgIpc) is 3.06. The summed E-state index contributed by atoms with van der Waals surface area (Å²) in [5, 5.41) is 0.536. The molecule has 0 aliphatic rings. The van der Waals surface area contributed by atoms with Crippen molar-refractivity contribution in [3.63, 3.8) is 0 Å². The zero-order valence-corrected chi connectivity index (χ0v) is 14.6. The van der Waals surface area contributed by atoms with Gasteiger partial charge in [0, 0.05) is 5.56 Å². The van der Waals surface area contributed by atoms with E-state index in [4.69, 9.17) is 21.1 Å². The number of carbonyl (C=O) groups is 1. The molecule has 0 N–H and O–H groups in total. The zero-order valence-electron chi connectivity index (χ0n) is 13.1. The minimum absolute atomic E-state index is 0.417. The smallest absolute Gasteiger partial charge is 0.341 e. The fraction of sp³-hybridized carbons (Fsp3) is 0.111. The molecule has 0 saturated carbocycles. The lowest BCUT2D eigenvalue weighted by Crippen LogP contribution is -2.03. The number of esters is 1. The third-order valence-corrected chi connectivity index (χ3v) is 4.79. The summed E-state index contributed by atoms with van der Waals surface area (Å²) in [4.78, 5) is 13.1. The molecule has 6 heteroatoms. The Morgan fingerprint density at radius 3 is 2.42 bits per heavy atom. The van der Waals surface area contributed by atoms with Crippen molar-refractivity contribution in [2.75, 3.05) is 14.2 Å². The summed E-state index contributed by atoms with van der Waals surface area (Å²) in [6, 6.07) is 14.7. The van der Waals surface area contributed by atoms with E-state index in [1.54, 1.807) is 13.2 Å². The van der Waals surface area contributed by atoms with Crippen LogP contribution in [0.1, 0.15) is 10.4 Å². The summed E-state index contributed by atoms with van der Waals surface area (Å²) in [5.41, 5.74) is 2.52. The van der Waals surface area contributed by atoms with Gasteiger partial charge in [0.2, 0.25) is 0 Å². The van der Waals surface area contributed by atoms with E-state index < -0.39 is 5.97 Å². The van der Waals surface area contributed by atoms with Crippen LogP contribution in [0.4, 0.5) is 0 Å². The van der Waals surface area contributed by atoms with E-state index in [1.807, 2.05) is 42.5 Å². The van der Waals surface area contributed by atoms with E-state index in [0.717, 1.165) is 16.2 Å². The van der Waals surface area contributed by atoms with Crippen molar-refractivity contribution in [3.8, 4) is 27.4 Å². The molecular weight excluding hydrogens is 346 g/mol. The largest absolute Gasteiger partial charge is 0.497 e. The lowest BCUT2D eigenvalue weighted by Gasteiger charge is -2.06. The highest BCUT2D eigenvalue weighted by atomic mass is 35.5. The van der Waals surface area contributed by atoms with Crippen molar-refractivity contribution in [2.45, 2.75) is 0 Å². The zero-order chi connectivity index (χ0) is 17.1. The molecule has 4 nitrogen and oxygen atoms in total. The minimum atomic E-state index is -0.440. The van der Waals surface area contributed by atoms with E-state index >= 15 is 0 Å². The van der Waals surface area contributed by atoms with Crippen molar-refractivity contribution < 1.29 is 14.3 Å². The van der Waals surface area contributed by atoms with Crippen LogP contribution in [0.2, 0.25) is 5.02 Å². The molecule has 0 atom stereocenters. The number of halogens is 1. The molecule has 3 rings (SSSR count). The highest BCUT2D eigenvalue weighted by Gasteiger charge is 2.24. The first-order valence-corrected chi connectivity index (χ1v) is 8.28. The van der Waals surface area contributed by atoms with Crippen LogP contribution in [0, 0.1) is 0 Å². The number of nitrogens with zero attached hydrogens (tertiary/aromatic N) is 1. The molecule has 0 bridgehead atoms. The molecule has 1 heterocycles. The number of carbonyl (C=O) groups excluding carboxylic acids is 1. The SMILES string of the molecule is COC(=O)c1c(-c2ccccc2Cl)nsc1-c1ccc(OC)cc1. The highest BCUT2D eigenvalue weighted by molar-refractivity contribution is 7.10. The molecule has 0 unspecified atom stereocenters. The molecule has 0 amide bonds. The van der Waals surface area contributed by atoms with Gasteiger partial charge in [0.25, 0.3) is 0 Å². The van der Waals surface area contributed by atoms with Gasteiger partial charge in [-0.1, -0.05) is 29.8 Å². The molecule has 0 spiro atoms. The molecule has 122 valence electrons. The summed E-state index contributed by atoms with van der Waals surface area (Å²) < 4.78 is 14.6. The molecule has 3 aromatic rings. The number of hydrogen-bond acceptors (Lipinski definition) is 5. The topological polar surface area (TPSA) is 48.4 Å². The summed E-state index contributed by atoms with van der Waals surface area (Å²) in [7, 11) is 2.96. The summed E-state index contributed by atoms with van der Waals surface area (Å²) >= 11 is 7.51. The van der Waals surface area contributed by atoms with E-state index in [9.17, 15) is 4.79 Å². The third-order valence-electron chi connectivity index (χ3n) is 3.56. The minimum Gasteiger partial charge on any atom is -0.497 e. The van der Waals surface area contributed by atoms with Crippen LogP contribution in [0.15, 0.2) is 48.5 Å². The van der Waals surface area contributed by atoms with E-state index in [-0.39, 0.29) is 0 Å². The van der Waals surface area contributed by atoms with Gasteiger partial charge in [-0.05, 0) is 47.4 Å². The van der Waals surface area contributed by atoms with Gasteiger partial charge < -0.3 is 9.47 Å². The van der Waals surface area contributed by atoms with Crippen LogP contribution in [0.25, 0.3) is 21.7 Å². The predicted octanol–water partition coefficient (Wildman–Crippen LogP) is 4.93. The van der Waals surface area contributed by atoms with Crippen molar-refractivity contribution in [1.29, 1.82) is 0 Å². The fourth-order valence-corrected chi connectivity index (χ4v) is 3.47. The van der Waals surface area contributed by atoms with Crippen LogP contribution in [-0.4, -0.2) is 24.6 Å². The molecule has 1 aromatic heterocycles. The third kappa shape index (κ3) is 3.00. The molecule has 0 fully saturated rings. The second-order valence-corrected chi connectivity index (χ2v) is 6.12. The quantitative estimate of drug-likeness (QED) is 0.620. The van der Waals surface area contributed by atoms with Crippen LogP contribution < -0.4 is 4.74 Å². The highest BCUT2D eigenvalue weighted by Crippen LogP contribution is 2.38. The molecule has 0 aliphatic carbocycles. The maximum atomic E-state index is 12.4. The Morgan fingerprint density at radius 1 is 1.08 bits per heavy atom. The Morgan fingerprint density at radius 2 is 1.79 bits per heavy atom. The van der Waals surface area contributed by atoms with Gasteiger partial charge in [0.1, 0.15) is 17.0 Å². The summed E-state index contributed by atoms with van der Waals surface area (Å²) in [6.45, 7) is 0. The number of ether oxygens (including phenoxy) is 2. The van der Waals surface area contributed by atoms with Crippen LogP contribution in [-0.2, 0) is 4.74 Å². The fourth-order valence-electron chi connectivity index (χ4n) is 2.36. The molecule has 24 heavy (non-hydrogen) atoms. The van der Waals surface area contributed by atoms with E-state index in [0.29, 0.717) is 21.8 Å². The van der Waals surface area contributed by atoms with Crippen molar-refractivity contribution in [3.05, 3.63) is 59.1 Å². The summed E-state index contributed by atoms with van der Waals surface area (Å²) in [5.74, 6) is 0.304. The lowest BCUT2D eigenvalue weighted by atomic mass is 10.0. The van der Waals surface area contributed by atoms with Crippen LogP contribution >= 0.6 is 23.1 Å². The van der Waals surface area contributed by atoms with Gasteiger partial charge in [-0.2, -0.15) is 4.37 Å². The number of aromatic nitrogens is 1. The molecule has 2 aromatic carbocycles. The van der Waals surface area contributed by atoms with Crippen molar-refractivity contribution in [1.82, 2.24) is 4.37 Å². The Bertz CT molecular complexity index is 874. The van der Waals surface area contributed by atoms with Crippen LogP contribution in [0.5, 0.6) is 5.75 Å². The van der Waals surface area contributed by atoms with Crippen LogP contribution in [0.3, 0.4) is 0 Å². The molecule has 0 radical (unpaired) electrons. The van der Waals surface area contributed by atoms with Gasteiger partial charge in [0.05, 0.1) is 24.1 Å². The first-order chi connectivity index (χ1) is 11.7. The maximum absolute atomic E-state index is 12.4. The lowest BCUT2D eigenvalue weighted by molar-refractivity contribution is 0.0603. The number of hydrogen-bond donors (Lipinski definition) is 0. The predicted molar refractivity (Wildman–Crippen MR) is 95.9 cm³/mol. The van der Waals surface area contributed by atoms with E-state index in [2.05, 4.69) is 4.37 Å². The monoisotopic (exact) mass is 359 g/mol. The molecule has 0 aliphatic heterocycles. The van der Waals surface area contributed by atoms with Gasteiger partial charge in [-0.25, -0.2) is 4.79 Å². The standard InChI is InChI=1S/C18H14ClNO3S/c1-22-12-9-7-11(8-10-12)17-15(18(21)23-2)16(20-24-17)13-5-3-4-6-14(13)19/h3-10H,1-2H3. The maximum Gasteiger partial charge on any atom is 0.341 e. The number of methoxy groups -OCH3 is 2. The van der Waals surface area contributed by atoms with E-state index in [1.165, 1.54) is 18.6 Å². The van der Waals surface area contributed by atoms with Crippen molar-refractivity contribution in [2.24, 2.45) is 0 Å². The first kappa shape index (κ1) is 16.5. The Kier molecular flexibility index (Phi) is 4.83. The Hall–Kier alpha value is -2.37. The second-order valence-electron chi connectivity index (χ2n) is 4.94. The Labute approximate surface area is 148 Å².